The summed E-state index contributed by atoms with van der Waals surface area (Å²) >= 11 is 1.23. The maximum absolute atomic E-state index is 12.1. The van der Waals surface area contributed by atoms with Gasteiger partial charge in [0.05, 0.1) is 0 Å². The summed E-state index contributed by atoms with van der Waals surface area (Å²) in [5, 5.41) is 0. The predicted molar refractivity (Wildman–Crippen MR) is 79.0 cm³/mol. The summed E-state index contributed by atoms with van der Waals surface area (Å²) in [5.74, 6) is 0.863. The Hall–Kier alpha value is -1.22. The number of aromatic nitrogens is 2. The Kier molecular flexibility index (Phi) is 4.92. The second kappa shape index (κ2) is 6.49. The highest BCUT2D eigenvalue weighted by Crippen LogP contribution is 2.25. The van der Waals surface area contributed by atoms with Crippen LogP contribution in [0.2, 0.25) is 0 Å². The van der Waals surface area contributed by atoms with E-state index in [0.29, 0.717) is 30.1 Å². The molecule has 0 aliphatic rings. The summed E-state index contributed by atoms with van der Waals surface area (Å²) in [7, 11) is -3.43. The molecule has 0 atom stereocenters. The first-order valence-electron chi connectivity index (χ1n) is 6.30. The first kappa shape index (κ1) is 15.2. The number of rotatable bonds is 7. The van der Waals surface area contributed by atoms with Crippen molar-refractivity contribution in [2.24, 2.45) is 5.73 Å². The second-order valence-electron chi connectivity index (χ2n) is 4.41. The van der Waals surface area contributed by atoms with Gasteiger partial charge < -0.3 is 10.7 Å². The molecule has 8 heteroatoms. The molecule has 0 fully saturated rings. The molecule has 0 aliphatic heterocycles. The highest BCUT2D eigenvalue weighted by atomic mass is 32.2. The van der Waals surface area contributed by atoms with E-state index in [2.05, 4.69) is 14.7 Å². The van der Waals surface area contributed by atoms with Gasteiger partial charge in [0.25, 0.3) is 0 Å². The van der Waals surface area contributed by atoms with Gasteiger partial charge in [-0.05, 0) is 25.0 Å². The Balaban J connectivity index is 1.90. The van der Waals surface area contributed by atoms with E-state index >= 15 is 0 Å². The lowest BCUT2D eigenvalue weighted by Gasteiger charge is -2.03. The Morgan fingerprint density at radius 1 is 1.50 bits per heavy atom. The van der Waals surface area contributed by atoms with E-state index < -0.39 is 10.0 Å². The number of hydrogen-bond acceptors (Lipinski definition) is 5. The van der Waals surface area contributed by atoms with E-state index in [9.17, 15) is 8.42 Å². The summed E-state index contributed by atoms with van der Waals surface area (Å²) in [4.78, 5) is 7.98. The number of aromatic amines is 1. The average Bonchev–Trinajstić information content (AvgIpc) is 3.04. The Labute approximate surface area is 122 Å². The zero-order valence-corrected chi connectivity index (χ0v) is 12.9. The largest absolute Gasteiger partial charge is 0.349 e. The van der Waals surface area contributed by atoms with Crippen molar-refractivity contribution in [2.45, 2.75) is 30.5 Å². The number of nitrogens with one attached hydrogen (secondary N) is 2. The Morgan fingerprint density at radius 2 is 2.30 bits per heavy atom. The molecular weight excluding hydrogens is 296 g/mol. The Bertz CT molecular complexity index is 647. The lowest BCUT2D eigenvalue weighted by Crippen LogP contribution is -2.24. The van der Waals surface area contributed by atoms with E-state index in [-0.39, 0.29) is 0 Å². The summed E-state index contributed by atoms with van der Waals surface area (Å²) in [6.45, 7) is 2.62. The number of nitrogens with zero attached hydrogens (tertiary/aromatic N) is 1. The van der Waals surface area contributed by atoms with Crippen molar-refractivity contribution in [3.63, 3.8) is 0 Å². The highest BCUT2D eigenvalue weighted by Gasteiger charge is 2.17. The van der Waals surface area contributed by atoms with Gasteiger partial charge in [-0.25, -0.2) is 18.1 Å². The van der Waals surface area contributed by atoms with Gasteiger partial charge in [-0.2, -0.15) is 0 Å². The fourth-order valence-electron chi connectivity index (χ4n) is 1.79. The predicted octanol–water partition coefficient (Wildman–Crippen LogP) is 1.15. The van der Waals surface area contributed by atoms with Gasteiger partial charge in [0.15, 0.2) is 0 Å². The van der Waals surface area contributed by atoms with E-state index in [1.54, 1.807) is 18.5 Å². The third-order valence-electron chi connectivity index (χ3n) is 2.89. The number of hydrogen-bond donors (Lipinski definition) is 3. The SMILES string of the molecule is Cc1cc(S(=O)(=O)NCCCc2ncc[nH]2)sc1CN. The fraction of sp³-hybridized carbons (Fsp3) is 0.417. The van der Waals surface area contributed by atoms with Crippen LogP contribution >= 0.6 is 11.3 Å². The topological polar surface area (TPSA) is 101 Å². The molecular formula is C12H18N4O2S2. The number of H-pyrrole nitrogens is 1. The third kappa shape index (κ3) is 3.66. The van der Waals surface area contributed by atoms with Crippen molar-refractivity contribution in [3.05, 3.63) is 34.7 Å². The molecule has 0 aliphatic carbocycles. The molecule has 0 amide bonds. The van der Waals surface area contributed by atoms with Gasteiger partial charge in [-0.3, -0.25) is 0 Å². The van der Waals surface area contributed by atoms with Crippen molar-refractivity contribution in [1.82, 2.24) is 14.7 Å². The maximum atomic E-state index is 12.1. The average molecular weight is 314 g/mol. The summed E-state index contributed by atoms with van der Waals surface area (Å²) in [6, 6.07) is 1.67. The van der Waals surface area contributed by atoms with Crippen LogP contribution < -0.4 is 10.5 Å². The molecule has 110 valence electrons. The van der Waals surface area contributed by atoms with Crippen molar-refractivity contribution in [3.8, 4) is 0 Å². The first-order valence-corrected chi connectivity index (χ1v) is 8.60. The molecule has 2 aromatic rings. The first-order chi connectivity index (χ1) is 9.53. The van der Waals surface area contributed by atoms with E-state index in [0.717, 1.165) is 16.3 Å². The monoisotopic (exact) mass is 314 g/mol. The number of sulfonamides is 1. The molecule has 0 bridgehead atoms. The molecule has 6 nitrogen and oxygen atoms in total. The molecule has 0 saturated heterocycles. The molecule has 2 aromatic heterocycles. The maximum Gasteiger partial charge on any atom is 0.250 e. The number of nitrogens with two attached hydrogens (primary N) is 1. The fourth-order valence-corrected chi connectivity index (χ4v) is 4.38. The minimum atomic E-state index is -3.43. The van der Waals surface area contributed by atoms with Crippen molar-refractivity contribution >= 4 is 21.4 Å². The molecule has 2 rings (SSSR count). The normalized spacial score (nSPS) is 11.9. The van der Waals surface area contributed by atoms with Crippen LogP contribution in [-0.2, 0) is 23.0 Å². The molecule has 0 unspecified atom stereocenters. The lowest BCUT2D eigenvalue weighted by atomic mass is 10.3. The molecule has 20 heavy (non-hydrogen) atoms. The van der Waals surface area contributed by atoms with Crippen LogP contribution in [0.15, 0.2) is 22.7 Å². The standard InChI is InChI=1S/C12H18N4O2S2/c1-9-7-12(19-10(9)8-13)20(17,18)16-4-2-3-11-14-5-6-15-11/h5-7,16H,2-4,8,13H2,1H3,(H,14,15). The minimum Gasteiger partial charge on any atom is -0.349 e. The van der Waals surface area contributed by atoms with Crippen molar-refractivity contribution in [1.29, 1.82) is 0 Å². The van der Waals surface area contributed by atoms with Crippen LogP contribution in [0.25, 0.3) is 0 Å². The van der Waals surface area contributed by atoms with Crippen LogP contribution in [-0.4, -0.2) is 24.9 Å². The van der Waals surface area contributed by atoms with Crippen LogP contribution in [0.4, 0.5) is 0 Å². The third-order valence-corrected chi connectivity index (χ3v) is 6.08. The van der Waals surface area contributed by atoms with Crippen LogP contribution in [0, 0.1) is 6.92 Å². The zero-order valence-electron chi connectivity index (χ0n) is 11.2. The van der Waals surface area contributed by atoms with Gasteiger partial charge in [-0.1, -0.05) is 0 Å². The molecule has 2 heterocycles. The smallest absolute Gasteiger partial charge is 0.250 e. The second-order valence-corrected chi connectivity index (χ2v) is 7.54. The molecule has 4 N–H and O–H groups in total. The summed E-state index contributed by atoms with van der Waals surface area (Å²) in [5.41, 5.74) is 6.49. The van der Waals surface area contributed by atoms with Crippen molar-refractivity contribution < 1.29 is 8.42 Å². The van der Waals surface area contributed by atoms with Gasteiger partial charge >= 0.3 is 0 Å². The van der Waals surface area contributed by atoms with Crippen LogP contribution in [0.1, 0.15) is 22.7 Å². The molecule has 0 spiro atoms. The quantitative estimate of drug-likeness (QED) is 0.667. The van der Waals surface area contributed by atoms with E-state index in [1.807, 2.05) is 6.92 Å². The minimum absolute atomic E-state index is 0.327. The van der Waals surface area contributed by atoms with E-state index in [1.165, 1.54) is 11.3 Å². The molecule has 0 saturated carbocycles. The van der Waals surface area contributed by atoms with Gasteiger partial charge in [-0.15, -0.1) is 11.3 Å². The van der Waals surface area contributed by atoms with Crippen molar-refractivity contribution in [2.75, 3.05) is 6.54 Å². The zero-order chi connectivity index (χ0) is 14.6. The number of thiophene rings is 1. The Morgan fingerprint density at radius 3 is 2.90 bits per heavy atom. The highest BCUT2D eigenvalue weighted by molar-refractivity contribution is 7.91. The van der Waals surface area contributed by atoms with Gasteiger partial charge in [0.1, 0.15) is 10.0 Å². The molecule has 0 aromatic carbocycles. The summed E-state index contributed by atoms with van der Waals surface area (Å²) < 4.78 is 27.1. The molecule has 0 radical (unpaired) electrons. The van der Waals surface area contributed by atoms with Crippen LogP contribution in [0.3, 0.4) is 0 Å². The number of imidazole rings is 1. The van der Waals surface area contributed by atoms with Gasteiger partial charge in [0.2, 0.25) is 10.0 Å². The van der Waals surface area contributed by atoms with Crippen LogP contribution in [0.5, 0.6) is 0 Å². The number of aryl methyl sites for hydroxylation is 2. The van der Waals surface area contributed by atoms with Gasteiger partial charge in [0, 0.05) is 36.8 Å². The lowest BCUT2D eigenvalue weighted by molar-refractivity contribution is 0.580. The van der Waals surface area contributed by atoms with E-state index in [4.69, 9.17) is 5.73 Å². The summed E-state index contributed by atoms with van der Waals surface area (Å²) in [6.07, 6.45) is 4.85.